The summed E-state index contributed by atoms with van der Waals surface area (Å²) in [4.78, 5) is 16.3. The van der Waals surface area contributed by atoms with Crippen molar-refractivity contribution in [3.63, 3.8) is 0 Å². The van der Waals surface area contributed by atoms with E-state index in [9.17, 15) is 0 Å². The zero-order chi connectivity index (χ0) is 40.0. The number of para-hydroxylation sites is 1. The number of hydrogen-bond acceptors (Lipinski definition) is 4. The van der Waals surface area contributed by atoms with Crippen molar-refractivity contribution in [1.29, 1.82) is 0 Å². The predicted octanol–water partition coefficient (Wildman–Crippen LogP) is 14.6. The standard InChI is InChI=1S/C55H33N5S/c1-3-13-36(14-4-1)53-54-45(33-50(61-54)35-26-28-56-29-27-35)57-55(58-53)60-46-24-23-39(31-43(46)44-30-37-15-7-8-16-38(37)32-49(44)60)42-20-11-21-47-52(42)51-41-19-10-9-12-34(41)22-25-48(51)59(47)40-17-5-2-6-18-40/h1-33H. The van der Waals surface area contributed by atoms with Gasteiger partial charge in [-0.2, -0.15) is 0 Å². The van der Waals surface area contributed by atoms with Gasteiger partial charge in [-0.3, -0.25) is 9.55 Å². The van der Waals surface area contributed by atoms with E-state index in [4.69, 9.17) is 9.97 Å². The van der Waals surface area contributed by atoms with Gasteiger partial charge in [-0.1, -0.05) is 121 Å². The molecule has 0 aliphatic rings. The van der Waals surface area contributed by atoms with Gasteiger partial charge < -0.3 is 4.57 Å². The molecule has 0 spiro atoms. The third kappa shape index (κ3) is 5.22. The summed E-state index contributed by atoms with van der Waals surface area (Å²) in [5.74, 6) is 0.646. The molecular weight excluding hydrogens is 763 g/mol. The Labute approximate surface area is 354 Å². The summed E-state index contributed by atoms with van der Waals surface area (Å²) in [6.07, 6.45) is 3.69. The summed E-state index contributed by atoms with van der Waals surface area (Å²) in [5.41, 5.74) is 12.0. The first-order valence-corrected chi connectivity index (χ1v) is 21.3. The molecule has 0 aliphatic carbocycles. The first-order chi connectivity index (χ1) is 30.2. The van der Waals surface area contributed by atoms with Crippen molar-refractivity contribution in [3.8, 4) is 44.5 Å². The highest BCUT2D eigenvalue weighted by Crippen LogP contribution is 2.44. The van der Waals surface area contributed by atoms with Gasteiger partial charge in [0.25, 0.3) is 0 Å². The maximum Gasteiger partial charge on any atom is 0.235 e. The molecule has 13 aromatic rings. The molecule has 5 aromatic heterocycles. The smallest absolute Gasteiger partial charge is 0.235 e. The fraction of sp³-hybridized carbons (Fsp3) is 0. The summed E-state index contributed by atoms with van der Waals surface area (Å²) < 4.78 is 5.75. The van der Waals surface area contributed by atoms with Crippen LogP contribution in [0.2, 0.25) is 0 Å². The third-order valence-electron chi connectivity index (χ3n) is 12.2. The van der Waals surface area contributed by atoms with Crippen LogP contribution < -0.4 is 0 Å². The van der Waals surface area contributed by atoms with E-state index >= 15 is 0 Å². The molecule has 0 aliphatic heterocycles. The maximum absolute atomic E-state index is 5.46. The minimum Gasteiger partial charge on any atom is -0.309 e. The summed E-state index contributed by atoms with van der Waals surface area (Å²) in [7, 11) is 0. The number of pyridine rings is 1. The molecule has 13 rings (SSSR count). The van der Waals surface area contributed by atoms with Crippen LogP contribution in [0.4, 0.5) is 0 Å². The molecule has 0 saturated heterocycles. The minimum absolute atomic E-state index is 0.646. The van der Waals surface area contributed by atoms with E-state index in [0.717, 1.165) is 65.0 Å². The number of hydrogen-bond donors (Lipinski definition) is 0. The Bertz CT molecular complexity index is 3860. The van der Waals surface area contributed by atoms with Crippen molar-refractivity contribution in [3.05, 3.63) is 200 Å². The third-order valence-corrected chi connectivity index (χ3v) is 13.4. The van der Waals surface area contributed by atoms with Crippen molar-refractivity contribution in [1.82, 2.24) is 24.1 Å². The second-order valence-corrected chi connectivity index (χ2v) is 16.7. The highest BCUT2D eigenvalue weighted by atomic mass is 32.1. The van der Waals surface area contributed by atoms with Crippen LogP contribution in [0.25, 0.3) is 120 Å². The van der Waals surface area contributed by atoms with Crippen LogP contribution in [-0.2, 0) is 0 Å². The Morgan fingerprint density at radius 2 is 1.11 bits per heavy atom. The Balaban J connectivity index is 1.10. The fourth-order valence-electron chi connectivity index (χ4n) is 9.48. The van der Waals surface area contributed by atoms with Gasteiger partial charge in [0, 0.05) is 50.1 Å². The molecule has 5 heterocycles. The number of rotatable bonds is 5. The molecule has 0 saturated carbocycles. The number of fused-ring (bicyclic) bond motifs is 10. The first-order valence-electron chi connectivity index (χ1n) is 20.5. The van der Waals surface area contributed by atoms with Crippen molar-refractivity contribution in [2.75, 3.05) is 0 Å². The average molecular weight is 796 g/mol. The van der Waals surface area contributed by atoms with E-state index in [0.29, 0.717) is 5.95 Å². The van der Waals surface area contributed by atoms with Gasteiger partial charge in [-0.25, -0.2) is 9.97 Å². The largest absolute Gasteiger partial charge is 0.309 e. The minimum atomic E-state index is 0.646. The second-order valence-electron chi connectivity index (χ2n) is 15.6. The Hall–Kier alpha value is -7.93. The van der Waals surface area contributed by atoms with Crippen LogP contribution in [0.3, 0.4) is 0 Å². The number of benzene rings is 8. The molecule has 8 aromatic carbocycles. The fourth-order valence-corrected chi connectivity index (χ4v) is 10.6. The van der Waals surface area contributed by atoms with E-state index in [1.54, 1.807) is 11.3 Å². The van der Waals surface area contributed by atoms with E-state index in [1.807, 2.05) is 12.4 Å². The van der Waals surface area contributed by atoms with Gasteiger partial charge in [-0.15, -0.1) is 11.3 Å². The van der Waals surface area contributed by atoms with Gasteiger partial charge in [0.15, 0.2) is 0 Å². The molecule has 0 fully saturated rings. The lowest BCUT2D eigenvalue weighted by atomic mass is 9.95. The van der Waals surface area contributed by atoms with Crippen LogP contribution in [0.15, 0.2) is 200 Å². The molecular formula is C55H33N5S. The van der Waals surface area contributed by atoms with E-state index in [-0.39, 0.29) is 0 Å². The van der Waals surface area contributed by atoms with Crippen LogP contribution in [-0.4, -0.2) is 24.1 Å². The van der Waals surface area contributed by atoms with Crippen LogP contribution >= 0.6 is 11.3 Å². The van der Waals surface area contributed by atoms with E-state index in [1.165, 1.54) is 48.9 Å². The van der Waals surface area contributed by atoms with E-state index < -0.39 is 0 Å². The van der Waals surface area contributed by atoms with Crippen molar-refractivity contribution in [2.45, 2.75) is 0 Å². The van der Waals surface area contributed by atoms with Gasteiger partial charge in [0.2, 0.25) is 5.95 Å². The molecule has 61 heavy (non-hydrogen) atoms. The van der Waals surface area contributed by atoms with Gasteiger partial charge in [0.05, 0.1) is 38.0 Å². The normalized spacial score (nSPS) is 11.9. The quantitative estimate of drug-likeness (QED) is 0.174. The lowest BCUT2D eigenvalue weighted by Crippen LogP contribution is -2.02. The molecule has 0 unspecified atom stereocenters. The number of thiophene rings is 1. The van der Waals surface area contributed by atoms with Crippen molar-refractivity contribution in [2.24, 2.45) is 0 Å². The van der Waals surface area contributed by atoms with Gasteiger partial charge >= 0.3 is 0 Å². The zero-order valence-electron chi connectivity index (χ0n) is 32.7. The first kappa shape index (κ1) is 34.0. The summed E-state index contributed by atoms with van der Waals surface area (Å²) in [5, 5.41) is 9.66. The molecule has 5 nitrogen and oxygen atoms in total. The summed E-state index contributed by atoms with van der Waals surface area (Å²) >= 11 is 1.73. The average Bonchev–Trinajstić information content (AvgIpc) is 4.01. The van der Waals surface area contributed by atoms with Crippen LogP contribution in [0.5, 0.6) is 0 Å². The SMILES string of the molecule is c1ccc(-c2nc(-n3c4ccc(-c5cccc6c5c5c7ccccc7ccc5n6-c5ccccc5)cc4c4cc5ccccc5cc43)nc3cc(-c4ccncc4)sc23)cc1. The predicted molar refractivity (Wildman–Crippen MR) is 255 cm³/mol. The lowest BCUT2D eigenvalue weighted by molar-refractivity contribution is 1.02. The number of nitrogens with zero attached hydrogens (tertiary/aromatic N) is 5. The molecule has 0 bridgehead atoms. The number of aromatic nitrogens is 5. The van der Waals surface area contributed by atoms with Crippen LogP contribution in [0, 0.1) is 0 Å². The maximum atomic E-state index is 5.46. The van der Waals surface area contributed by atoms with E-state index in [2.05, 4.69) is 202 Å². The zero-order valence-corrected chi connectivity index (χ0v) is 33.5. The highest BCUT2D eigenvalue weighted by molar-refractivity contribution is 7.22. The monoisotopic (exact) mass is 795 g/mol. The molecule has 0 radical (unpaired) electrons. The molecule has 0 amide bonds. The van der Waals surface area contributed by atoms with Crippen molar-refractivity contribution >= 4 is 86.7 Å². The highest BCUT2D eigenvalue weighted by Gasteiger charge is 2.22. The second kappa shape index (κ2) is 13.3. The van der Waals surface area contributed by atoms with Crippen molar-refractivity contribution < 1.29 is 0 Å². The summed E-state index contributed by atoms with van der Waals surface area (Å²) in [6, 6.07) is 67.8. The Morgan fingerprint density at radius 1 is 0.410 bits per heavy atom. The van der Waals surface area contributed by atoms with Gasteiger partial charge in [0.1, 0.15) is 0 Å². The Morgan fingerprint density at radius 3 is 1.95 bits per heavy atom. The molecule has 0 atom stereocenters. The lowest BCUT2D eigenvalue weighted by Gasteiger charge is -2.11. The topological polar surface area (TPSA) is 48.5 Å². The molecule has 0 N–H and O–H groups in total. The van der Waals surface area contributed by atoms with Gasteiger partial charge in [-0.05, 0) is 105 Å². The van der Waals surface area contributed by atoms with Crippen LogP contribution in [0.1, 0.15) is 0 Å². The summed E-state index contributed by atoms with van der Waals surface area (Å²) in [6.45, 7) is 0. The molecule has 284 valence electrons. The molecule has 6 heteroatoms. The Kier molecular flexibility index (Phi) is 7.41.